The van der Waals surface area contributed by atoms with Crippen LogP contribution in [0.5, 0.6) is 5.75 Å². The first-order chi connectivity index (χ1) is 9.21. The summed E-state index contributed by atoms with van der Waals surface area (Å²) in [6.07, 6.45) is 4.39. The molecule has 3 heteroatoms. The predicted octanol–water partition coefficient (Wildman–Crippen LogP) is 3.83. The van der Waals surface area contributed by atoms with Gasteiger partial charge in [0, 0.05) is 6.08 Å². The van der Waals surface area contributed by atoms with E-state index in [4.69, 9.17) is 4.74 Å². The maximum Gasteiger partial charge on any atom is 0.330 e. The van der Waals surface area contributed by atoms with Crippen LogP contribution in [0.4, 0.5) is 0 Å². The lowest BCUT2D eigenvalue weighted by Gasteiger charge is -2.08. The Kier molecular flexibility index (Phi) is 6.72. The number of carbonyl (C=O) groups excluding carboxylic acids is 1. The summed E-state index contributed by atoms with van der Waals surface area (Å²) in [7, 11) is 1.39. The topological polar surface area (TPSA) is 35.5 Å². The van der Waals surface area contributed by atoms with E-state index in [1.807, 2.05) is 24.3 Å². The molecule has 0 saturated carbocycles. The summed E-state index contributed by atoms with van der Waals surface area (Å²) in [4.78, 5) is 11.4. The van der Waals surface area contributed by atoms with E-state index in [0.29, 0.717) is 0 Å². The van der Waals surface area contributed by atoms with Gasteiger partial charge in [-0.15, -0.1) is 0 Å². The normalized spacial score (nSPS) is 11.2. The van der Waals surface area contributed by atoms with Crippen LogP contribution in [0.15, 0.2) is 30.3 Å². The third-order valence-corrected chi connectivity index (χ3v) is 2.71. The van der Waals surface area contributed by atoms with Gasteiger partial charge in [-0.1, -0.05) is 32.4 Å². The monoisotopic (exact) mass is 262 g/mol. The lowest BCUT2D eigenvalue weighted by molar-refractivity contribution is -0.134. The third-order valence-electron chi connectivity index (χ3n) is 2.71. The molecule has 0 unspecified atom stereocenters. The molecule has 0 aliphatic carbocycles. The summed E-state index contributed by atoms with van der Waals surface area (Å²) in [6, 6.07) is 7.84. The minimum absolute atomic E-state index is 0.310. The van der Waals surface area contributed by atoms with Crippen LogP contribution in [-0.4, -0.2) is 19.7 Å². The summed E-state index contributed by atoms with van der Waals surface area (Å²) in [5.74, 6) is 0.550. The molecular formula is C16H22O3. The zero-order valence-electron chi connectivity index (χ0n) is 11.9. The Balaban J connectivity index is 2.85. The molecule has 0 spiro atoms. The fourth-order valence-corrected chi connectivity index (χ4v) is 1.76. The largest absolute Gasteiger partial charge is 0.494 e. The number of benzene rings is 1. The number of esters is 1. The van der Waals surface area contributed by atoms with Crippen LogP contribution in [0, 0.1) is 0 Å². The van der Waals surface area contributed by atoms with Crippen molar-refractivity contribution in [1.29, 1.82) is 0 Å². The Morgan fingerprint density at radius 3 is 2.37 bits per heavy atom. The van der Waals surface area contributed by atoms with Crippen molar-refractivity contribution in [2.45, 2.75) is 33.1 Å². The highest BCUT2D eigenvalue weighted by atomic mass is 16.5. The summed E-state index contributed by atoms with van der Waals surface area (Å²) in [5, 5.41) is 0. The van der Waals surface area contributed by atoms with E-state index in [1.165, 1.54) is 7.11 Å². The number of ether oxygens (including phenoxy) is 2. The second kappa shape index (κ2) is 8.35. The molecule has 1 aromatic rings. The van der Waals surface area contributed by atoms with Crippen molar-refractivity contribution < 1.29 is 14.3 Å². The van der Waals surface area contributed by atoms with E-state index < -0.39 is 0 Å². The van der Waals surface area contributed by atoms with Crippen LogP contribution in [0.3, 0.4) is 0 Å². The van der Waals surface area contributed by atoms with Gasteiger partial charge in [0.25, 0.3) is 0 Å². The van der Waals surface area contributed by atoms with Gasteiger partial charge >= 0.3 is 5.97 Å². The second-order valence-corrected chi connectivity index (χ2v) is 4.32. The Morgan fingerprint density at radius 1 is 1.16 bits per heavy atom. The number of allylic oxidation sites excluding steroid dienone is 1. The van der Waals surface area contributed by atoms with Gasteiger partial charge < -0.3 is 9.47 Å². The van der Waals surface area contributed by atoms with Gasteiger partial charge in [-0.3, -0.25) is 0 Å². The van der Waals surface area contributed by atoms with Gasteiger partial charge in [-0.25, -0.2) is 4.79 Å². The molecule has 19 heavy (non-hydrogen) atoms. The van der Waals surface area contributed by atoms with Crippen molar-refractivity contribution in [2.24, 2.45) is 0 Å². The molecule has 0 heterocycles. The Bertz CT molecular complexity index is 418. The highest BCUT2D eigenvalue weighted by molar-refractivity contribution is 5.91. The van der Waals surface area contributed by atoms with E-state index in [1.54, 1.807) is 6.08 Å². The van der Waals surface area contributed by atoms with Crippen molar-refractivity contribution in [3.05, 3.63) is 35.9 Å². The van der Waals surface area contributed by atoms with Crippen molar-refractivity contribution in [1.82, 2.24) is 0 Å². The van der Waals surface area contributed by atoms with E-state index in [2.05, 4.69) is 18.6 Å². The molecule has 1 aromatic carbocycles. The molecule has 104 valence electrons. The fourth-order valence-electron chi connectivity index (χ4n) is 1.76. The SMILES string of the molecule is CCCOc1ccc(C(=CC(=O)OC)CCC)cc1. The fraction of sp³-hybridized carbons (Fsp3) is 0.438. The molecule has 0 N–H and O–H groups in total. The lowest BCUT2D eigenvalue weighted by Crippen LogP contribution is -1.98. The lowest BCUT2D eigenvalue weighted by atomic mass is 10.0. The number of carbonyl (C=O) groups is 1. The first kappa shape index (κ1) is 15.3. The van der Waals surface area contributed by atoms with Crippen LogP contribution in [0.1, 0.15) is 38.7 Å². The maximum absolute atomic E-state index is 11.4. The summed E-state index contributed by atoms with van der Waals surface area (Å²) in [6.45, 7) is 4.88. The highest BCUT2D eigenvalue weighted by Crippen LogP contribution is 2.22. The third kappa shape index (κ3) is 5.16. The van der Waals surface area contributed by atoms with Crippen molar-refractivity contribution in [3.8, 4) is 5.75 Å². The molecule has 0 aliphatic heterocycles. The molecule has 0 radical (unpaired) electrons. The summed E-state index contributed by atoms with van der Waals surface area (Å²) >= 11 is 0. The van der Waals surface area contributed by atoms with Crippen LogP contribution in [-0.2, 0) is 9.53 Å². The van der Waals surface area contributed by atoms with Gasteiger partial charge in [0.2, 0.25) is 0 Å². The molecule has 0 aromatic heterocycles. The van der Waals surface area contributed by atoms with Crippen molar-refractivity contribution in [3.63, 3.8) is 0 Å². The summed E-state index contributed by atoms with van der Waals surface area (Å²) in [5.41, 5.74) is 2.03. The Labute approximate surface area is 115 Å². The molecule has 0 bridgehead atoms. The van der Waals surface area contributed by atoms with Crippen LogP contribution < -0.4 is 4.74 Å². The zero-order chi connectivity index (χ0) is 14.1. The minimum atomic E-state index is -0.310. The molecule has 0 aliphatic rings. The number of rotatable bonds is 7. The van der Waals surface area contributed by atoms with Crippen molar-refractivity contribution >= 4 is 11.5 Å². The molecule has 0 fully saturated rings. The quantitative estimate of drug-likeness (QED) is 0.553. The molecule has 0 saturated heterocycles. The number of hydrogen-bond acceptors (Lipinski definition) is 3. The van der Waals surface area contributed by atoms with Crippen LogP contribution in [0.2, 0.25) is 0 Å². The highest BCUT2D eigenvalue weighted by Gasteiger charge is 2.05. The standard InChI is InChI=1S/C16H22O3/c1-4-6-14(12-16(17)18-3)13-7-9-15(10-8-13)19-11-5-2/h7-10,12H,4-6,11H2,1-3H3. The van der Waals surface area contributed by atoms with E-state index in [-0.39, 0.29) is 5.97 Å². The van der Waals surface area contributed by atoms with Crippen LogP contribution >= 0.6 is 0 Å². The number of methoxy groups -OCH3 is 1. The molecular weight excluding hydrogens is 240 g/mol. The Hall–Kier alpha value is -1.77. The minimum Gasteiger partial charge on any atom is -0.494 e. The zero-order valence-corrected chi connectivity index (χ0v) is 11.9. The van der Waals surface area contributed by atoms with Gasteiger partial charge in [0.1, 0.15) is 5.75 Å². The maximum atomic E-state index is 11.4. The van der Waals surface area contributed by atoms with Gasteiger partial charge in [0.15, 0.2) is 0 Å². The van der Waals surface area contributed by atoms with E-state index in [0.717, 1.165) is 42.8 Å². The van der Waals surface area contributed by atoms with Gasteiger partial charge in [0.05, 0.1) is 13.7 Å². The molecule has 1 rings (SSSR count). The molecule has 0 amide bonds. The number of hydrogen-bond donors (Lipinski definition) is 0. The van der Waals surface area contributed by atoms with Crippen LogP contribution in [0.25, 0.3) is 5.57 Å². The second-order valence-electron chi connectivity index (χ2n) is 4.32. The van der Waals surface area contributed by atoms with E-state index in [9.17, 15) is 4.79 Å². The van der Waals surface area contributed by atoms with Gasteiger partial charge in [-0.05, 0) is 36.1 Å². The molecule has 0 atom stereocenters. The van der Waals surface area contributed by atoms with Crippen molar-refractivity contribution in [2.75, 3.05) is 13.7 Å². The summed E-state index contributed by atoms with van der Waals surface area (Å²) < 4.78 is 10.2. The predicted molar refractivity (Wildman–Crippen MR) is 77.1 cm³/mol. The Morgan fingerprint density at radius 2 is 1.84 bits per heavy atom. The molecule has 3 nitrogen and oxygen atoms in total. The van der Waals surface area contributed by atoms with E-state index >= 15 is 0 Å². The first-order valence-corrected chi connectivity index (χ1v) is 6.73. The average molecular weight is 262 g/mol. The first-order valence-electron chi connectivity index (χ1n) is 6.73. The smallest absolute Gasteiger partial charge is 0.330 e. The van der Waals surface area contributed by atoms with Gasteiger partial charge in [-0.2, -0.15) is 0 Å². The average Bonchev–Trinajstić information content (AvgIpc) is 2.45.